The third kappa shape index (κ3) is 5.88. The number of amides is 2. The van der Waals surface area contributed by atoms with Crippen LogP contribution in [0.25, 0.3) is 0 Å². The van der Waals surface area contributed by atoms with E-state index in [0.717, 1.165) is 21.3 Å². The van der Waals surface area contributed by atoms with Crippen molar-refractivity contribution in [2.45, 2.75) is 20.3 Å². The maximum Gasteiger partial charge on any atom is 0.338 e. The van der Waals surface area contributed by atoms with Gasteiger partial charge < -0.3 is 15.0 Å². The lowest BCUT2D eigenvalue weighted by Crippen LogP contribution is -2.28. The summed E-state index contributed by atoms with van der Waals surface area (Å²) in [7, 11) is 0. The van der Waals surface area contributed by atoms with Crippen LogP contribution in [0.1, 0.15) is 38.3 Å². The number of carbonyl (C=O) groups excluding carboxylic acids is 4. The van der Waals surface area contributed by atoms with Crippen LogP contribution in [0, 0.1) is 19.8 Å². The average Bonchev–Trinajstić information content (AvgIpc) is 3.26. The van der Waals surface area contributed by atoms with Crippen LogP contribution in [-0.4, -0.2) is 36.7 Å². The number of hydrogen-bond donors (Lipinski definition) is 1. The smallest absolute Gasteiger partial charge is 0.338 e. The standard InChI is InChI=1S/C28H25BrN2O5/c1-17-3-12-24(13-18(17)2)31-15-21(14-26(31)33)27(34)30-23-10-6-20(7-11-23)28(35)36-16-25(32)19-4-8-22(29)9-5-19/h3-13,21H,14-16H2,1-2H3,(H,30,34)/t21-/m0/s1. The molecule has 1 atom stereocenters. The summed E-state index contributed by atoms with van der Waals surface area (Å²) in [4.78, 5) is 51.5. The van der Waals surface area contributed by atoms with Crippen molar-refractivity contribution in [2.24, 2.45) is 5.92 Å². The molecule has 1 saturated heterocycles. The van der Waals surface area contributed by atoms with E-state index in [1.165, 1.54) is 12.1 Å². The number of halogens is 1. The van der Waals surface area contributed by atoms with Gasteiger partial charge in [-0.25, -0.2) is 4.79 Å². The van der Waals surface area contributed by atoms with Crippen LogP contribution in [0.2, 0.25) is 0 Å². The van der Waals surface area contributed by atoms with Gasteiger partial charge in [-0.2, -0.15) is 0 Å². The second-order valence-electron chi connectivity index (χ2n) is 8.75. The highest BCUT2D eigenvalue weighted by Crippen LogP contribution is 2.27. The first kappa shape index (κ1) is 25.3. The molecule has 0 spiro atoms. The second-order valence-corrected chi connectivity index (χ2v) is 9.66. The van der Waals surface area contributed by atoms with Crippen molar-refractivity contribution in [2.75, 3.05) is 23.4 Å². The van der Waals surface area contributed by atoms with Crippen LogP contribution < -0.4 is 10.2 Å². The van der Waals surface area contributed by atoms with Crippen LogP contribution in [0.4, 0.5) is 11.4 Å². The summed E-state index contributed by atoms with van der Waals surface area (Å²) in [6.07, 6.45) is 0.134. The highest BCUT2D eigenvalue weighted by Gasteiger charge is 2.35. The Balaban J connectivity index is 1.31. The van der Waals surface area contributed by atoms with Crippen LogP contribution in [0.15, 0.2) is 71.2 Å². The summed E-state index contributed by atoms with van der Waals surface area (Å²) < 4.78 is 5.98. The van der Waals surface area contributed by atoms with Crippen LogP contribution in [-0.2, 0) is 14.3 Å². The van der Waals surface area contributed by atoms with E-state index in [1.807, 2.05) is 32.0 Å². The normalized spacial score (nSPS) is 15.0. The molecule has 2 amide bonds. The van der Waals surface area contributed by atoms with Crippen LogP contribution in [0.3, 0.4) is 0 Å². The Morgan fingerprint density at radius 3 is 2.28 bits per heavy atom. The van der Waals surface area contributed by atoms with E-state index in [1.54, 1.807) is 41.3 Å². The molecule has 1 aliphatic heterocycles. The Labute approximate surface area is 217 Å². The summed E-state index contributed by atoms with van der Waals surface area (Å²) in [6.45, 7) is 3.94. The zero-order chi connectivity index (χ0) is 25.8. The molecule has 8 heteroatoms. The third-order valence-electron chi connectivity index (χ3n) is 6.19. The Morgan fingerprint density at radius 2 is 1.61 bits per heavy atom. The number of esters is 1. The van der Waals surface area contributed by atoms with Crippen molar-refractivity contribution in [3.63, 3.8) is 0 Å². The summed E-state index contributed by atoms with van der Waals surface area (Å²) >= 11 is 3.31. The molecule has 3 aromatic carbocycles. The maximum atomic E-state index is 12.8. The molecule has 1 fully saturated rings. The molecule has 1 aliphatic rings. The van der Waals surface area contributed by atoms with Gasteiger partial charge in [0.15, 0.2) is 12.4 Å². The molecule has 0 aromatic heterocycles. The number of ether oxygens (including phenoxy) is 1. The van der Waals surface area contributed by atoms with Gasteiger partial charge in [0.1, 0.15) is 0 Å². The minimum absolute atomic E-state index is 0.0887. The number of carbonyl (C=O) groups is 4. The summed E-state index contributed by atoms with van der Waals surface area (Å²) in [5.41, 5.74) is 4.23. The zero-order valence-electron chi connectivity index (χ0n) is 19.9. The van der Waals surface area contributed by atoms with E-state index in [0.29, 0.717) is 17.8 Å². The first-order chi connectivity index (χ1) is 17.2. The molecule has 3 aromatic rings. The molecule has 4 rings (SSSR count). The van der Waals surface area contributed by atoms with Gasteiger partial charge in [-0.05, 0) is 73.5 Å². The Morgan fingerprint density at radius 1 is 0.944 bits per heavy atom. The van der Waals surface area contributed by atoms with E-state index in [-0.39, 0.29) is 36.2 Å². The molecular weight excluding hydrogens is 524 g/mol. The highest BCUT2D eigenvalue weighted by molar-refractivity contribution is 9.10. The van der Waals surface area contributed by atoms with Gasteiger partial charge in [-0.3, -0.25) is 14.4 Å². The molecule has 184 valence electrons. The number of benzene rings is 3. The SMILES string of the molecule is Cc1ccc(N2C[C@@H](C(=O)Nc3ccc(C(=O)OCC(=O)c4ccc(Br)cc4)cc3)CC2=O)cc1C. The average molecular weight is 549 g/mol. The summed E-state index contributed by atoms with van der Waals surface area (Å²) in [5.74, 6) is -1.77. The molecule has 0 radical (unpaired) electrons. The Kier molecular flexibility index (Phi) is 7.64. The van der Waals surface area contributed by atoms with E-state index in [4.69, 9.17) is 4.74 Å². The molecular formula is C28H25BrN2O5. The van der Waals surface area contributed by atoms with E-state index in [2.05, 4.69) is 21.2 Å². The molecule has 0 saturated carbocycles. The fraction of sp³-hybridized carbons (Fsp3) is 0.214. The lowest BCUT2D eigenvalue weighted by atomic mass is 10.1. The van der Waals surface area contributed by atoms with Crippen molar-refractivity contribution >= 4 is 50.9 Å². The molecule has 1 N–H and O–H groups in total. The Hall–Kier alpha value is -3.78. The topological polar surface area (TPSA) is 92.8 Å². The molecule has 7 nitrogen and oxygen atoms in total. The zero-order valence-corrected chi connectivity index (χ0v) is 21.5. The summed E-state index contributed by atoms with van der Waals surface area (Å²) in [5, 5.41) is 2.81. The van der Waals surface area contributed by atoms with Gasteiger partial charge in [-0.1, -0.05) is 34.1 Å². The first-order valence-electron chi connectivity index (χ1n) is 11.5. The minimum Gasteiger partial charge on any atom is -0.454 e. The van der Waals surface area contributed by atoms with Crippen molar-refractivity contribution in [1.82, 2.24) is 0 Å². The number of anilines is 2. The van der Waals surface area contributed by atoms with Crippen LogP contribution in [0.5, 0.6) is 0 Å². The van der Waals surface area contributed by atoms with Gasteiger partial charge in [-0.15, -0.1) is 0 Å². The predicted molar refractivity (Wildman–Crippen MR) is 140 cm³/mol. The summed E-state index contributed by atoms with van der Waals surface area (Å²) in [6, 6.07) is 18.8. The molecule has 0 unspecified atom stereocenters. The number of nitrogens with zero attached hydrogens (tertiary/aromatic N) is 1. The van der Waals surface area contributed by atoms with Crippen molar-refractivity contribution in [3.8, 4) is 0 Å². The largest absolute Gasteiger partial charge is 0.454 e. The second kappa shape index (κ2) is 10.9. The van der Waals surface area contributed by atoms with Gasteiger partial charge in [0, 0.05) is 34.4 Å². The molecule has 0 aliphatic carbocycles. The fourth-order valence-electron chi connectivity index (χ4n) is 3.89. The maximum absolute atomic E-state index is 12.8. The van der Waals surface area contributed by atoms with Gasteiger partial charge in [0.05, 0.1) is 11.5 Å². The minimum atomic E-state index is -0.635. The predicted octanol–water partition coefficient (Wildman–Crippen LogP) is 5.10. The van der Waals surface area contributed by atoms with Gasteiger partial charge in [0.2, 0.25) is 11.8 Å². The van der Waals surface area contributed by atoms with Gasteiger partial charge in [0.25, 0.3) is 0 Å². The van der Waals surface area contributed by atoms with Crippen LogP contribution >= 0.6 is 15.9 Å². The third-order valence-corrected chi connectivity index (χ3v) is 6.72. The number of rotatable bonds is 7. The number of aryl methyl sites for hydroxylation is 2. The number of Topliss-reactive ketones (excluding diaryl/α,β-unsaturated/α-hetero) is 1. The van der Waals surface area contributed by atoms with E-state index < -0.39 is 11.9 Å². The monoisotopic (exact) mass is 548 g/mol. The van der Waals surface area contributed by atoms with Crippen molar-refractivity contribution in [3.05, 3.63) is 93.5 Å². The van der Waals surface area contributed by atoms with Crippen molar-refractivity contribution in [1.29, 1.82) is 0 Å². The van der Waals surface area contributed by atoms with E-state index >= 15 is 0 Å². The lowest BCUT2D eigenvalue weighted by molar-refractivity contribution is -0.122. The van der Waals surface area contributed by atoms with E-state index in [9.17, 15) is 19.2 Å². The number of ketones is 1. The molecule has 0 bridgehead atoms. The first-order valence-corrected chi connectivity index (χ1v) is 12.2. The highest BCUT2D eigenvalue weighted by atomic mass is 79.9. The number of hydrogen-bond acceptors (Lipinski definition) is 5. The van der Waals surface area contributed by atoms with Gasteiger partial charge >= 0.3 is 5.97 Å². The fourth-order valence-corrected chi connectivity index (χ4v) is 4.16. The number of nitrogens with one attached hydrogen (secondary N) is 1. The Bertz CT molecular complexity index is 1320. The molecule has 36 heavy (non-hydrogen) atoms. The molecule has 1 heterocycles. The quantitative estimate of drug-likeness (QED) is 0.327. The van der Waals surface area contributed by atoms with Crippen molar-refractivity contribution < 1.29 is 23.9 Å². The lowest BCUT2D eigenvalue weighted by Gasteiger charge is -2.18.